The number of amides is 2. The zero-order valence-electron chi connectivity index (χ0n) is 11.7. The van der Waals surface area contributed by atoms with Gasteiger partial charge in [0.2, 0.25) is 5.91 Å². The monoisotopic (exact) mass is 294 g/mol. The summed E-state index contributed by atoms with van der Waals surface area (Å²) in [5.41, 5.74) is -0.342. The number of hydrogen-bond donors (Lipinski definition) is 4. The van der Waals surface area contributed by atoms with Crippen LogP contribution in [0.1, 0.15) is 19.8 Å². The average molecular weight is 294 g/mol. The van der Waals surface area contributed by atoms with Crippen molar-refractivity contribution in [1.82, 2.24) is 16.0 Å². The minimum absolute atomic E-state index is 0.150. The van der Waals surface area contributed by atoms with Gasteiger partial charge >= 0.3 is 5.97 Å². The molecule has 0 aliphatic carbocycles. The number of rotatable bonds is 5. The third-order valence-electron chi connectivity index (χ3n) is 3.15. The standard InChI is InChI=1S/C13H18N4O4/c1-8(13(20)21)17-12(19)10(6-14)7-16-11(18)9-2-4-15-5-3-9/h7-9,15H,2-5H2,1H3,(H,16,18)(H,17,19)(H,20,21)/b10-7-. The van der Waals surface area contributed by atoms with Gasteiger partial charge in [-0.25, -0.2) is 0 Å². The van der Waals surface area contributed by atoms with Crippen LogP contribution in [0.3, 0.4) is 0 Å². The van der Waals surface area contributed by atoms with Crippen LogP contribution in [0.5, 0.6) is 0 Å². The van der Waals surface area contributed by atoms with Gasteiger partial charge in [-0.05, 0) is 32.9 Å². The highest BCUT2D eigenvalue weighted by Gasteiger charge is 2.21. The molecule has 1 unspecified atom stereocenters. The topological polar surface area (TPSA) is 131 Å². The van der Waals surface area contributed by atoms with Gasteiger partial charge in [-0.2, -0.15) is 5.26 Å². The first-order valence-electron chi connectivity index (χ1n) is 6.60. The Morgan fingerprint density at radius 3 is 2.52 bits per heavy atom. The Hall–Kier alpha value is -2.40. The van der Waals surface area contributed by atoms with Gasteiger partial charge in [0.25, 0.3) is 5.91 Å². The van der Waals surface area contributed by atoms with E-state index >= 15 is 0 Å². The second kappa shape index (κ2) is 8.01. The van der Waals surface area contributed by atoms with E-state index in [9.17, 15) is 14.4 Å². The number of carbonyl (C=O) groups excluding carboxylic acids is 2. The third-order valence-corrected chi connectivity index (χ3v) is 3.15. The number of carbonyl (C=O) groups is 3. The van der Waals surface area contributed by atoms with Gasteiger partial charge in [0.1, 0.15) is 17.7 Å². The molecule has 0 radical (unpaired) electrons. The van der Waals surface area contributed by atoms with Crippen molar-refractivity contribution >= 4 is 17.8 Å². The maximum absolute atomic E-state index is 11.9. The summed E-state index contributed by atoms with van der Waals surface area (Å²) in [5, 5.41) is 25.3. The van der Waals surface area contributed by atoms with Crippen LogP contribution in [0, 0.1) is 17.2 Å². The summed E-state index contributed by atoms with van der Waals surface area (Å²) >= 11 is 0. The second-order valence-electron chi connectivity index (χ2n) is 4.74. The lowest BCUT2D eigenvalue weighted by Crippen LogP contribution is -2.40. The van der Waals surface area contributed by atoms with Crippen LogP contribution in [0.4, 0.5) is 0 Å². The smallest absolute Gasteiger partial charge is 0.325 e. The van der Waals surface area contributed by atoms with Crippen LogP contribution in [0.15, 0.2) is 11.8 Å². The first-order chi connectivity index (χ1) is 9.95. The first kappa shape index (κ1) is 16.7. The highest BCUT2D eigenvalue weighted by Crippen LogP contribution is 2.11. The van der Waals surface area contributed by atoms with Crippen LogP contribution in [0.25, 0.3) is 0 Å². The molecule has 1 saturated heterocycles. The zero-order chi connectivity index (χ0) is 15.8. The predicted molar refractivity (Wildman–Crippen MR) is 72.7 cm³/mol. The molecule has 114 valence electrons. The molecule has 4 N–H and O–H groups in total. The van der Waals surface area contributed by atoms with E-state index in [0.29, 0.717) is 12.8 Å². The van der Waals surface area contributed by atoms with Crippen LogP contribution >= 0.6 is 0 Å². The highest BCUT2D eigenvalue weighted by atomic mass is 16.4. The van der Waals surface area contributed by atoms with E-state index in [1.165, 1.54) is 6.92 Å². The van der Waals surface area contributed by atoms with Gasteiger partial charge in [0.15, 0.2) is 0 Å². The van der Waals surface area contributed by atoms with Crippen molar-refractivity contribution in [2.75, 3.05) is 13.1 Å². The van der Waals surface area contributed by atoms with Crippen molar-refractivity contribution < 1.29 is 19.5 Å². The van der Waals surface area contributed by atoms with Crippen LogP contribution in [0.2, 0.25) is 0 Å². The Kier molecular flexibility index (Phi) is 6.36. The number of carboxylic acid groups (broad SMARTS) is 1. The molecule has 1 heterocycles. The van der Waals surface area contributed by atoms with Crippen molar-refractivity contribution in [3.05, 3.63) is 11.8 Å². The fourth-order valence-electron chi connectivity index (χ4n) is 1.83. The molecule has 8 heteroatoms. The minimum Gasteiger partial charge on any atom is -0.480 e. The number of nitrogens with zero attached hydrogens (tertiary/aromatic N) is 1. The lowest BCUT2D eigenvalue weighted by molar-refractivity contribution is -0.140. The van der Waals surface area contributed by atoms with Gasteiger partial charge in [0.05, 0.1) is 0 Å². The Balaban J connectivity index is 2.58. The maximum atomic E-state index is 11.9. The molecule has 0 aromatic carbocycles. The normalized spacial score (nSPS) is 17.4. The van der Waals surface area contributed by atoms with Crippen LogP contribution in [-0.4, -0.2) is 42.0 Å². The van der Waals surface area contributed by atoms with Gasteiger partial charge in [0, 0.05) is 12.1 Å². The highest BCUT2D eigenvalue weighted by molar-refractivity contribution is 5.99. The SMILES string of the molecule is CC(NC(=O)/C(C#N)=C\NC(=O)C1CCNCC1)C(=O)O. The lowest BCUT2D eigenvalue weighted by atomic mass is 9.97. The number of aliphatic carboxylic acids is 1. The molecule has 1 fully saturated rings. The van der Waals surface area contributed by atoms with Gasteiger partial charge in [-0.1, -0.05) is 0 Å². The summed E-state index contributed by atoms with van der Waals surface area (Å²) in [6, 6.07) is 0.517. The Bertz CT molecular complexity index is 489. The fourth-order valence-corrected chi connectivity index (χ4v) is 1.83. The van der Waals surface area contributed by atoms with Crippen LogP contribution in [-0.2, 0) is 14.4 Å². The molecule has 0 aromatic rings. The van der Waals surface area contributed by atoms with Crippen molar-refractivity contribution in [3.63, 3.8) is 0 Å². The van der Waals surface area contributed by atoms with E-state index in [4.69, 9.17) is 10.4 Å². The quantitative estimate of drug-likeness (QED) is 0.384. The lowest BCUT2D eigenvalue weighted by Gasteiger charge is -2.20. The molecule has 0 aromatic heterocycles. The molecular weight excluding hydrogens is 276 g/mol. The molecular formula is C13H18N4O4. The molecule has 1 atom stereocenters. The summed E-state index contributed by atoms with van der Waals surface area (Å²) < 4.78 is 0. The summed E-state index contributed by atoms with van der Waals surface area (Å²) in [6.07, 6.45) is 2.42. The first-order valence-corrected chi connectivity index (χ1v) is 6.60. The van der Waals surface area contributed by atoms with Crippen molar-refractivity contribution in [2.24, 2.45) is 5.92 Å². The molecule has 1 aliphatic rings. The Morgan fingerprint density at radius 1 is 1.38 bits per heavy atom. The molecule has 0 spiro atoms. The van der Waals surface area contributed by atoms with E-state index in [1.54, 1.807) is 6.07 Å². The zero-order valence-corrected chi connectivity index (χ0v) is 11.7. The summed E-state index contributed by atoms with van der Waals surface area (Å²) in [7, 11) is 0. The third kappa shape index (κ3) is 5.24. The van der Waals surface area contributed by atoms with E-state index in [2.05, 4.69) is 16.0 Å². The van der Waals surface area contributed by atoms with E-state index < -0.39 is 17.9 Å². The van der Waals surface area contributed by atoms with Gasteiger partial charge in [-0.15, -0.1) is 0 Å². The maximum Gasteiger partial charge on any atom is 0.325 e. The molecule has 1 rings (SSSR count). The second-order valence-corrected chi connectivity index (χ2v) is 4.74. The predicted octanol–water partition coefficient (Wildman–Crippen LogP) is -0.901. The summed E-state index contributed by atoms with van der Waals surface area (Å²) in [5.74, 6) is -2.44. The Morgan fingerprint density at radius 2 is 2.00 bits per heavy atom. The number of piperidine rings is 1. The summed E-state index contributed by atoms with van der Waals surface area (Å²) in [4.78, 5) is 34.1. The molecule has 0 saturated carbocycles. The molecule has 1 aliphatic heterocycles. The van der Waals surface area contributed by atoms with Gasteiger partial charge < -0.3 is 21.1 Å². The van der Waals surface area contributed by atoms with Crippen molar-refractivity contribution in [1.29, 1.82) is 5.26 Å². The fraction of sp³-hybridized carbons (Fsp3) is 0.538. The van der Waals surface area contributed by atoms with Crippen LogP contribution < -0.4 is 16.0 Å². The van der Waals surface area contributed by atoms with E-state index in [-0.39, 0.29) is 17.4 Å². The van der Waals surface area contributed by atoms with Gasteiger partial charge in [-0.3, -0.25) is 14.4 Å². The van der Waals surface area contributed by atoms with Crippen molar-refractivity contribution in [2.45, 2.75) is 25.8 Å². The number of nitriles is 1. The summed E-state index contributed by atoms with van der Waals surface area (Å²) in [6.45, 7) is 2.79. The largest absolute Gasteiger partial charge is 0.480 e. The molecule has 8 nitrogen and oxygen atoms in total. The Labute approximate surface area is 122 Å². The van der Waals surface area contributed by atoms with E-state index in [0.717, 1.165) is 19.3 Å². The van der Waals surface area contributed by atoms with E-state index in [1.807, 2.05) is 0 Å². The average Bonchev–Trinajstić information content (AvgIpc) is 2.48. The molecule has 21 heavy (non-hydrogen) atoms. The number of carboxylic acids is 1. The molecule has 2 amide bonds. The van der Waals surface area contributed by atoms with Crippen molar-refractivity contribution in [3.8, 4) is 6.07 Å². The minimum atomic E-state index is -1.21. The number of nitrogens with one attached hydrogen (secondary N) is 3. The number of hydrogen-bond acceptors (Lipinski definition) is 5. The molecule has 0 bridgehead atoms.